The van der Waals surface area contributed by atoms with Crippen molar-refractivity contribution in [2.24, 2.45) is 5.73 Å². The largest absolute Gasteiger partial charge is 0.373 e. The zero-order valence-corrected chi connectivity index (χ0v) is 8.69. The van der Waals surface area contributed by atoms with Gasteiger partial charge in [-0.15, -0.1) is 0 Å². The van der Waals surface area contributed by atoms with Crippen LogP contribution in [-0.4, -0.2) is 23.8 Å². The molecule has 0 radical (unpaired) electrons. The number of rotatable bonds is 6. The minimum atomic E-state index is -0.0645. The molecule has 0 amide bonds. The van der Waals surface area contributed by atoms with Crippen LogP contribution in [0.25, 0.3) is 0 Å². The molecule has 1 heterocycles. The molecule has 0 fully saturated rings. The summed E-state index contributed by atoms with van der Waals surface area (Å²) in [6.07, 6.45) is 2.38. The second kappa shape index (κ2) is 5.72. The number of ether oxygens (including phenoxy) is 1. The quantitative estimate of drug-likeness (QED) is 0.741. The normalized spacial score (nSPS) is 13.1. The van der Waals surface area contributed by atoms with Crippen LogP contribution >= 0.6 is 0 Å². The van der Waals surface area contributed by atoms with Crippen molar-refractivity contribution in [3.63, 3.8) is 0 Å². The zero-order valence-electron chi connectivity index (χ0n) is 8.69. The fourth-order valence-corrected chi connectivity index (χ4v) is 1.21. The minimum Gasteiger partial charge on any atom is -0.373 e. The molecule has 0 aliphatic rings. The average Bonchev–Trinajstić information content (AvgIpc) is 2.65. The van der Waals surface area contributed by atoms with Gasteiger partial charge in [0.05, 0.1) is 0 Å². The molecule has 80 valence electrons. The second-order valence-electron chi connectivity index (χ2n) is 3.07. The van der Waals surface area contributed by atoms with Crippen molar-refractivity contribution in [1.29, 1.82) is 0 Å². The molecule has 0 aromatic carbocycles. The number of hydrogen-bond acceptors (Lipinski definition) is 5. The molecule has 1 atom stereocenters. The van der Waals surface area contributed by atoms with Crippen molar-refractivity contribution in [2.75, 3.05) is 13.7 Å². The molecule has 2 N–H and O–H groups in total. The molecule has 1 aromatic rings. The Kier molecular flexibility index (Phi) is 4.55. The molecule has 14 heavy (non-hydrogen) atoms. The fourth-order valence-electron chi connectivity index (χ4n) is 1.21. The molecular formula is C9H17N3O2. The van der Waals surface area contributed by atoms with Gasteiger partial charge in [0.25, 0.3) is 0 Å². The number of nitrogens with two attached hydrogens (primary N) is 1. The van der Waals surface area contributed by atoms with E-state index in [1.54, 1.807) is 7.11 Å². The molecule has 1 rings (SSSR count). The summed E-state index contributed by atoms with van der Waals surface area (Å²) in [5.74, 6) is 1.27. The lowest BCUT2D eigenvalue weighted by Crippen LogP contribution is -2.03. The second-order valence-corrected chi connectivity index (χ2v) is 3.07. The van der Waals surface area contributed by atoms with E-state index in [4.69, 9.17) is 15.0 Å². The summed E-state index contributed by atoms with van der Waals surface area (Å²) in [6.45, 7) is 2.66. The first kappa shape index (κ1) is 11.1. The van der Waals surface area contributed by atoms with Crippen molar-refractivity contribution >= 4 is 0 Å². The Labute approximate surface area is 83.6 Å². The van der Waals surface area contributed by atoms with Crippen LogP contribution in [0.1, 0.15) is 37.6 Å². The predicted octanol–water partition coefficient (Wildman–Crippen LogP) is 1.06. The molecule has 5 heteroatoms. The third-order valence-corrected chi connectivity index (χ3v) is 2.02. The first-order valence-electron chi connectivity index (χ1n) is 4.87. The monoisotopic (exact) mass is 199 g/mol. The summed E-state index contributed by atoms with van der Waals surface area (Å²) < 4.78 is 10.2. The lowest BCUT2D eigenvalue weighted by atomic mass is 10.2. The number of aryl methyl sites for hydroxylation is 1. The maximum atomic E-state index is 5.38. The Bertz CT molecular complexity index is 258. The third-order valence-electron chi connectivity index (χ3n) is 2.02. The highest BCUT2D eigenvalue weighted by Gasteiger charge is 2.15. The Balaban J connectivity index is 2.57. The highest BCUT2D eigenvalue weighted by molar-refractivity contribution is 4.91. The van der Waals surface area contributed by atoms with E-state index in [-0.39, 0.29) is 6.10 Å². The van der Waals surface area contributed by atoms with Gasteiger partial charge >= 0.3 is 0 Å². The van der Waals surface area contributed by atoms with Gasteiger partial charge in [0.15, 0.2) is 0 Å². The molecule has 0 aliphatic heterocycles. The number of nitrogens with zero attached hydrogens (tertiary/aromatic N) is 2. The van der Waals surface area contributed by atoms with Gasteiger partial charge in [-0.1, -0.05) is 12.1 Å². The average molecular weight is 199 g/mol. The molecule has 0 spiro atoms. The molecule has 0 aliphatic carbocycles. The van der Waals surface area contributed by atoms with E-state index in [9.17, 15) is 0 Å². The summed E-state index contributed by atoms with van der Waals surface area (Å²) in [5, 5.41) is 3.86. The third kappa shape index (κ3) is 2.78. The van der Waals surface area contributed by atoms with Crippen molar-refractivity contribution in [3.05, 3.63) is 11.7 Å². The van der Waals surface area contributed by atoms with Gasteiger partial charge in [-0.05, 0) is 19.4 Å². The molecule has 0 saturated heterocycles. The summed E-state index contributed by atoms with van der Waals surface area (Å²) in [7, 11) is 1.64. The summed E-state index contributed by atoms with van der Waals surface area (Å²) in [4.78, 5) is 4.23. The molecule has 5 nitrogen and oxygen atoms in total. The Morgan fingerprint density at radius 2 is 2.36 bits per heavy atom. The van der Waals surface area contributed by atoms with E-state index in [2.05, 4.69) is 10.1 Å². The van der Waals surface area contributed by atoms with E-state index < -0.39 is 0 Å². The maximum absolute atomic E-state index is 5.38. The van der Waals surface area contributed by atoms with Crippen LogP contribution in [0, 0.1) is 0 Å². The smallest absolute Gasteiger partial charge is 0.226 e. The summed E-state index contributed by atoms with van der Waals surface area (Å²) in [5.41, 5.74) is 5.38. The van der Waals surface area contributed by atoms with E-state index >= 15 is 0 Å². The van der Waals surface area contributed by atoms with E-state index in [1.165, 1.54) is 0 Å². The van der Waals surface area contributed by atoms with Gasteiger partial charge < -0.3 is 15.0 Å². The van der Waals surface area contributed by atoms with Gasteiger partial charge in [0, 0.05) is 13.5 Å². The maximum Gasteiger partial charge on any atom is 0.226 e. The highest BCUT2D eigenvalue weighted by Crippen LogP contribution is 2.16. The minimum absolute atomic E-state index is 0.0645. The SMILES string of the molecule is CCC(OC)c1noc(CCCN)n1. The lowest BCUT2D eigenvalue weighted by Gasteiger charge is -2.05. The summed E-state index contributed by atoms with van der Waals surface area (Å²) in [6, 6.07) is 0. The van der Waals surface area contributed by atoms with Gasteiger partial charge in [-0.25, -0.2) is 0 Å². The standard InChI is InChI=1S/C9H17N3O2/c1-3-7(13-2)9-11-8(14-12-9)5-4-6-10/h7H,3-6,10H2,1-2H3. The predicted molar refractivity (Wildman–Crippen MR) is 51.7 cm³/mol. The lowest BCUT2D eigenvalue weighted by molar-refractivity contribution is 0.0903. The number of methoxy groups -OCH3 is 1. The fraction of sp³-hybridized carbons (Fsp3) is 0.778. The van der Waals surface area contributed by atoms with E-state index in [1.807, 2.05) is 6.92 Å². The Morgan fingerprint density at radius 1 is 1.57 bits per heavy atom. The van der Waals surface area contributed by atoms with Crippen LogP contribution < -0.4 is 5.73 Å². The van der Waals surface area contributed by atoms with Crippen molar-refractivity contribution in [1.82, 2.24) is 10.1 Å². The molecular weight excluding hydrogens is 182 g/mol. The van der Waals surface area contributed by atoms with Crippen molar-refractivity contribution in [2.45, 2.75) is 32.3 Å². The zero-order chi connectivity index (χ0) is 10.4. The van der Waals surface area contributed by atoms with Gasteiger partial charge in [0.2, 0.25) is 11.7 Å². The summed E-state index contributed by atoms with van der Waals surface area (Å²) >= 11 is 0. The van der Waals surface area contributed by atoms with Crippen LogP contribution in [0.5, 0.6) is 0 Å². The van der Waals surface area contributed by atoms with Crippen LogP contribution in [0.3, 0.4) is 0 Å². The van der Waals surface area contributed by atoms with Crippen LogP contribution in [0.2, 0.25) is 0 Å². The number of aromatic nitrogens is 2. The van der Waals surface area contributed by atoms with Gasteiger partial charge in [-0.2, -0.15) is 4.98 Å². The molecule has 0 bridgehead atoms. The van der Waals surface area contributed by atoms with Crippen LogP contribution in [-0.2, 0) is 11.2 Å². The highest BCUT2D eigenvalue weighted by atomic mass is 16.5. The van der Waals surface area contributed by atoms with Crippen LogP contribution in [0.15, 0.2) is 4.52 Å². The molecule has 0 saturated carbocycles. The van der Waals surface area contributed by atoms with Crippen molar-refractivity contribution < 1.29 is 9.26 Å². The Hall–Kier alpha value is -0.940. The van der Waals surface area contributed by atoms with Crippen molar-refractivity contribution in [3.8, 4) is 0 Å². The van der Waals surface area contributed by atoms with E-state index in [0.717, 1.165) is 19.3 Å². The van der Waals surface area contributed by atoms with Crippen LogP contribution in [0.4, 0.5) is 0 Å². The Morgan fingerprint density at radius 3 is 2.93 bits per heavy atom. The first-order valence-corrected chi connectivity index (χ1v) is 4.87. The van der Waals surface area contributed by atoms with Gasteiger partial charge in [0.1, 0.15) is 6.10 Å². The number of hydrogen-bond donors (Lipinski definition) is 1. The van der Waals surface area contributed by atoms with E-state index in [0.29, 0.717) is 18.3 Å². The first-order chi connectivity index (χ1) is 6.81. The molecule has 1 aromatic heterocycles. The molecule has 1 unspecified atom stereocenters. The topological polar surface area (TPSA) is 74.2 Å². The van der Waals surface area contributed by atoms with Gasteiger partial charge in [-0.3, -0.25) is 0 Å².